The van der Waals surface area contributed by atoms with Crippen molar-refractivity contribution in [2.75, 3.05) is 33.2 Å². The Labute approximate surface area is 197 Å². The number of hydrogen-bond acceptors (Lipinski definition) is 4. The summed E-state index contributed by atoms with van der Waals surface area (Å²) in [5.74, 6) is 0.0861. The molecule has 6 nitrogen and oxygen atoms in total. The fraction of sp³-hybridized carbons (Fsp3) is 0.407. The van der Waals surface area contributed by atoms with Crippen molar-refractivity contribution in [3.05, 3.63) is 82.7 Å². The highest BCUT2D eigenvalue weighted by molar-refractivity contribution is 5.95. The zero-order valence-corrected chi connectivity index (χ0v) is 20.2. The molecular weight excluding hydrogens is 410 g/mol. The van der Waals surface area contributed by atoms with Gasteiger partial charge in [0.2, 0.25) is 0 Å². The Kier molecular flexibility index (Phi) is 7.26. The number of benzene rings is 2. The fourth-order valence-corrected chi connectivity index (χ4v) is 4.36. The third-order valence-electron chi connectivity index (χ3n) is 6.32. The number of rotatable bonds is 7. The molecule has 0 atom stereocenters. The fourth-order valence-electron chi connectivity index (χ4n) is 4.36. The molecule has 6 heteroatoms. The van der Waals surface area contributed by atoms with Crippen LogP contribution in [0.5, 0.6) is 0 Å². The molecule has 0 radical (unpaired) electrons. The maximum Gasteiger partial charge on any atom is 0.255 e. The van der Waals surface area contributed by atoms with Gasteiger partial charge in [0.15, 0.2) is 0 Å². The van der Waals surface area contributed by atoms with E-state index in [0.29, 0.717) is 12.1 Å². The van der Waals surface area contributed by atoms with Gasteiger partial charge in [0.25, 0.3) is 5.91 Å². The molecule has 1 fully saturated rings. The zero-order valence-electron chi connectivity index (χ0n) is 20.2. The quantitative estimate of drug-likeness (QED) is 0.598. The third-order valence-corrected chi connectivity index (χ3v) is 6.32. The number of piperazine rings is 1. The Bertz CT molecular complexity index is 1080. The Morgan fingerprint density at radius 1 is 1.03 bits per heavy atom. The molecule has 0 spiro atoms. The molecule has 174 valence electrons. The van der Waals surface area contributed by atoms with Gasteiger partial charge < -0.3 is 10.2 Å². The van der Waals surface area contributed by atoms with E-state index in [4.69, 9.17) is 0 Å². The molecule has 1 saturated heterocycles. The topological polar surface area (TPSA) is 53.4 Å². The van der Waals surface area contributed by atoms with Crippen molar-refractivity contribution in [3.63, 3.8) is 0 Å². The monoisotopic (exact) mass is 445 g/mol. The maximum atomic E-state index is 13.1. The van der Waals surface area contributed by atoms with Gasteiger partial charge in [-0.15, -0.1) is 0 Å². The molecular formula is C27H35N5O. The van der Waals surface area contributed by atoms with Crippen molar-refractivity contribution in [1.29, 1.82) is 0 Å². The van der Waals surface area contributed by atoms with Crippen LogP contribution >= 0.6 is 0 Å². The summed E-state index contributed by atoms with van der Waals surface area (Å²) in [5.41, 5.74) is 6.15. The molecule has 1 amide bonds. The molecule has 2 aromatic carbocycles. The van der Waals surface area contributed by atoms with Crippen molar-refractivity contribution in [3.8, 4) is 5.69 Å². The normalized spacial score (nSPS) is 15.2. The summed E-state index contributed by atoms with van der Waals surface area (Å²) in [4.78, 5) is 18.0. The first-order valence-electron chi connectivity index (χ1n) is 11.8. The van der Waals surface area contributed by atoms with Crippen LogP contribution < -0.4 is 5.32 Å². The minimum Gasteiger partial charge on any atom is -0.348 e. The summed E-state index contributed by atoms with van der Waals surface area (Å²) in [7, 11) is 2.18. The van der Waals surface area contributed by atoms with Gasteiger partial charge in [-0.25, -0.2) is 4.68 Å². The van der Waals surface area contributed by atoms with Crippen molar-refractivity contribution in [2.24, 2.45) is 0 Å². The lowest BCUT2D eigenvalue weighted by Crippen LogP contribution is -2.43. The zero-order chi connectivity index (χ0) is 23.4. The van der Waals surface area contributed by atoms with Gasteiger partial charge in [-0.2, -0.15) is 5.10 Å². The number of carbonyl (C=O) groups excluding carboxylic acids is 1. The number of aromatic nitrogens is 2. The summed E-state index contributed by atoms with van der Waals surface area (Å²) in [6, 6.07) is 16.8. The molecule has 4 rings (SSSR count). The second-order valence-electron chi connectivity index (χ2n) is 9.43. The van der Waals surface area contributed by atoms with Gasteiger partial charge in [0, 0.05) is 39.3 Å². The van der Waals surface area contributed by atoms with Crippen molar-refractivity contribution in [2.45, 2.75) is 39.8 Å². The molecule has 3 aromatic rings. The number of likely N-dealkylation sites (N-methyl/N-ethyl adjacent to an activating group) is 1. The molecule has 33 heavy (non-hydrogen) atoms. The lowest BCUT2D eigenvalue weighted by Gasteiger charge is -2.32. The van der Waals surface area contributed by atoms with Gasteiger partial charge in [-0.1, -0.05) is 55.8 Å². The van der Waals surface area contributed by atoms with Gasteiger partial charge in [0.05, 0.1) is 23.1 Å². The molecule has 1 N–H and O–H groups in total. The van der Waals surface area contributed by atoms with E-state index < -0.39 is 0 Å². The van der Waals surface area contributed by atoms with E-state index in [-0.39, 0.29) is 11.8 Å². The minimum atomic E-state index is -0.0819. The minimum absolute atomic E-state index is 0.0819. The second kappa shape index (κ2) is 10.3. The predicted molar refractivity (Wildman–Crippen MR) is 133 cm³/mol. The molecule has 0 bridgehead atoms. The van der Waals surface area contributed by atoms with Crippen LogP contribution in [0.15, 0.2) is 54.7 Å². The first kappa shape index (κ1) is 23.2. The van der Waals surface area contributed by atoms with E-state index in [1.807, 2.05) is 16.8 Å². The lowest BCUT2D eigenvalue weighted by molar-refractivity contribution is 0.0949. The van der Waals surface area contributed by atoms with Crippen LogP contribution in [0.4, 0.5) is 0 Å². The number of hydrogen-bond donors (Lipinski definition) is 1. The largest absolute Gasteiger partial charge is 0.348 e. The van der Waals surface area contributed by atoms with E-state index in [1.165, 1.54) is 11.1 Å². The van der Waals surface area contributed by atoms with Crippen LogP contribution in [0.25, 0.3) is 5.69 Å². The van der Waals surface area contributed by atoms with Crippen molar-refractivity contribution >= 4 is 5.91 Å². The smallest absolute Gasteiger partial charge is 0.255 e. The lowest BCUT2D eigenvalue weighted by atomic mass is 10.0. The summed E-state index contributed by atoms with van der Waals surface area (Å²) in [5, 5.41) is 7.65. The van der Waals surface area contributed by atoms with Gasteiger partial charge in [0.1, 0.15) is 0 Å². The highest BCUT2D eigenvalue weighted by Crippen LogP contribution is 2.23. The molecule has 1 aliphatic heterocycles. The molecule has 1 aliphatic rings. The average Bonchev–Trinajstić information content (AvgIpc) is 3.25. The van der Waals surface area contributed by atoms with E-state index in [0.717, 1.165) is 49.7 Å². The number of nitrogens with zero attached hydrogens (tertiary/aromatic N) is 4. The van der Waals surface area contributed by atoms with Crippen LogP contribution in [-0.4, -0.2) is 58.7 Å². The number of aryl methyl sites for hydroxylation is 1. The van der Waals surface area contributed by atoms with Crippen molar-refractivity contribution in [1.82, 2.24) is 24.9 Å². The summed E-state index contributed by atoms with van der Waals surface area (Å²) < 4.78 is 1.88. The second-order valence-corrected chi connectivity index (χ2v) is 9.43. The maximum absolute atomic E-state index is 13.1. The molecule has 2 heterocycles. The van der Waals surface area contributed by atoms with Gasteiger partial charge in [-0.05, 0) is 43.1 Å². The first-order chi connectivity index (χ1) is 15.9. The average molecular weight is 446 g/mol. The molecule has 0 aliphatic carbocycles. The van der Waals surface area contributed by atoms with Gasteiger partial charge >= 0.3 is 0 Å². The van der Waals surface area contributed by atoms with E-state index >= 15 is 0 Å². The Morgan fingerprint density at radius 2 is 1.73 bits per heavy atom. The third kappa shape index (κ3) is 5.70. The van der Waals surface area contributed by atoms with Crippen LogP contribution in [0.1, 0.15) is 52.5 Å². The molecule has 1 aromatic heterocycles. The predicted octanol–water partition coefficient (Wildman–Crippen LogP) is 3.98. The number of carbonyl (C=O) groups is 1. The van der Waals surface area contributed by atoms with E-state index in [1.54, 1.807) is 6.20 Å². The van der Waals surface area contributed by atoms with E-state index in [2.05, 4.69) is 84.4 Å². The number of nitrogens with one attached hydrogen (secondary N) is 1. The van der Waals surface area contributed by atoms with E-state index in [9.17, 15) is 4.79 Å². The summed E-state index contributed by atoms with van der Waals surface area (Å²) >= 11 is 0. The van der Waals surface area contributed by atoms with Crippen LogP contribution in [0, 0.1) is 6.92 Å². The standard InChI is InChI=1S/C27H35N5O/c1-20(2)26-25(18-29-32(26)24-10-8-21(3)9-11-24)27(33)28-17-22-6-5-7-23(16-22)19-31-14-12-30(4)13-15-31/h5-11,16,18,20H,12-15,17,19H2,1-4H3,(H,28,33). The van der Waals surface area contributed by atoms with Crippen LogP contribution in [0.2, 0.25) is 0 Å². The van der Waals surface area contributed by atoms with Gasteiger partial charge in [-0.3, -0.25) is 9.69 Å². The Hall–Kier alpha value is -2.96. The highest BCUT2D eigenvalue weighted by atomic mass is 16.1. The Balaban J connectivity index is 1.43. The SMILES string of the molecule is Cc1ccc(-n2ncc(C(=O)NCc3cccc(CN4CCN(C)CC4)c3)c2C(C)C)cc1. The number of amides is 1. The van der Waals surface area contributed by atoms with Crippen molar-refractivity contribution < 1.29 is 4.79 Å². The molecule has 0 unspecified atom stereocenters. The highest BCUT2D eigenvalue weighted by Gasteiger charge is 2.21. The van der Waals surface area contributed by atoms with Crippen LogP contribution in [0.3, 0.4) is 0 Å². The summed E-state index contributed by atoms with van der Waals surface area (Å²) in [6.45, 7) is 12.1. The first-order valence-corrected chi connectivity index (χ1v) is 11.8. The molecule has 0 saturated carbocycles. The summed E-state index contributed by atoms with van der Waals surface area (Å²) in [6.07, 6.45) is 1.69. The van der Waals surface area contributed by atoms with Crippen LogP contribution in [-0.2, 0) is 13.1 Å². The Morgan fingerprint density at radius 3 is 2.42 bits per heavy atom.